The largest absolute Gasteiger partial charge is 0.496 e. The Bertz CT molecular complexity index is 1000. The van der Waals surface area contributed by atoms with Crippen LogP contribution in [0.25, 0.3) is 0 Å². The van der Waals surface area contributed by atoms with E-state index in [0.717, 1.165) is 5.56 Å². The summed E-state index contributed by atoms with van der Waals surface area (Å²) in [7, 11) is -0.710. The molecule has 0 saturated carbocycles. The van der Waals surface area contributed by atoms with Crippen LogP contribution in [0.1, 0.15) is 29.8 Å². The topological polar surface area (TPSA) is 93.7 Å². The van der Waals surface area contributed by atoms with Crippen molar-refractivity contribution in [1.29, 1.82) is 0 Å². The quantitative estimate of drug-likeness (QED) is 0.609. The van der Waals surface area contributed by atoms with E-state index >= 15 is 0 Å². The number of hydrogen-bond donors (Lipinski definition) is 2. The Kier molecular flexibility index (Phi) is 7.41. The summed E-state index contributed by atoms with van der Waals surface area (Å²) < 4.78 is 38.0. The van der Waals surface area contributed by atoms with E-state index in [1.807, 2.05) is 0 Å². The minimum atomic E-state index is -3.71. The number of carbonyl (C=O) groups excluding carboxylic acids is 1. The van der Waals surface area contributed by atoms with Crippen molar-refractivity contribution in [1.82, 2.24) is 4.72 Å². The van der Waals surface area contributed by atoms with E-state index in [2.05, 4.69) is 16.6 Å². The summed E-state index contributed by atoms with van der Waals surface area (Å²) in [5.74, 6) is 0.608. The molecule has 0 aromatic heterocycles. The number of ether oxygens (including phenoxy) is 2. The molecule has 2 aromatic carbocycles. The zero-order chi connectivity index (χ0) is 21.6. The smallest absolute Gasteiger partial charge is 0.255 e. The van der Waals surface area contributed by atoms with Gasteiger partial charge in [-0.3, -0.25) is 4.79 Å². The molecule has 0 bridgehead atoms. The fourth-order valence-corrected chi connectivity index (χ4v) is 4.04. The number of rotatable bonds is 9. The molecule has 2 aromatic rings. The number of methoxy groups -OCH3 is 2. The van der Waals surface area contributed by atoms with Crippen LogP contribution in [-0.4, -0.2) is 34.6 Å². The zero-order valence-electron chi connectivity index (χ0n) is 17.0. The van der Waals surface area contributed by atoms with Gasteiger partial charge in [-0.15, -0.1) is 6.58 Å². The summed E-state index contributed by atoms with van der Waals surface area (Å²) in [6.45, 7) is 7.17. The maximum absolute atomic E-state index is 12.8. The van der Waals surface area contributed by atoms with Gasteiger partial charge in [0.25, 0.3) is 5.91 Å². The molecule has 0 aliphatic carbocycles. The van der Waals surface area contributed by atoms with Crippen LogP contribution in [0, 0.1) is 0 Å². The van der Waals surface area contributed by atoms with Gasteiger partial charge in [-0.2, -0.15) is 0 Å². The first kappa shape index (κ1) is 22.4. The first-order valence-electron chi connectivity index (χ1n) is 9.01. The monoisotopic (exact) mass is 418 g/mol. The highest BCUT2D eigenvalue weighted by Crippen LogP contribution is 2.29. The van der Waals surface area contributed by atoms with Gasteiger partial charge in [0.2, 0.25) is 10.0 Å². The van der Waals surface area contributed by atoms with Gasteiger partial charge in [-0.25, -0.2) is 13.1 Å². The van der Waals surface area contributed by atoms with Gasteiger partial charge in [0.05, 0.1) is 24.8 Å². The predicted octanol–water partition coefficient (Wildman–Crippen LogP) is 3.37. The third-order valence-electron chi connectivity index (χ3n) is 4.03. The molecule has 1 amide bonds. The van der Waals surface area contributed by atoms with Crippen LogP contribution in [0.3, 0.4) is 0 Å². The van der Waals surface area contributed by atoms with E-state index in [1.54, 1.807) is 45.2 Å². The van der Waals surface area contributed by atoms with Gasteiger partial charge in [0.15, 0.2) is 0 Å². The lowest BCUT2D eigenvalue weighted by Gasteiger charge is -2.15. The van der Waals surface area contributed by atoms with Crippen LogP contribution in [0.2, 0.25) is 0 Å². The Morgan fingerprint density at radius 1 is 1.10 bits per heavy atom. The summed E-state index contributed by atoms with van der Waals surface area (Å²) in [6, 6.07) is 9.09. The standard InChI is InChI=1S/C21H26N2O5S/c1-6-7-15-12-16(8-10-19(15)27-4)21(24)22-18-13-17(9-11-20(18)28-5)29(25,26)23-14(2)3/h6,8-14,23H,1,7H2,2-5H3,(H,22,24). The van der Waals surface area contributed by atoms with Crippen LogP contribution in [-0.2, 0) is 16.4 Å². The van der Waals surface area contributed by atoms with Gasteiger partial charge in [0.1, 0.15) is 11.5 Å². The Balaban J connectivity index is 2.37. The van der Waals surface area contributed by atoms with E-state index < -0.39 is 15.9 Å². The van der Waals surface area contributed by atoms with Gasteiger partial charge >= 0.3 is 0 Å². The van der Waals surface area contributed by atoms with E-state index in [4.69, 9.17) is 9.47 Å². The van der Waals surface area contributed by atoms with Crippen molar-refractivity contribution in [3.8, 4) is 11.5 Å². The van der Waals surface area contributed by atoms with E-state index in [9.17, 15) is 13.2 Å². The molecule has 0 radical (unpaired) electrons. The lowest BCUT2D eigenvalue weighted by atomic mass is 10.1. The van der Waals surface area contributed by atoms with Gasteiger partial charge in [-0.05, 0) is 62.2 Å². The molecular weight excluding hydrogens is 392 g/mol. The third kappa shape index (κ3) is 5.58. The number of hydrogen-bond acceptors (Lipinski definition) is 5. The van der Waals surface area contributed by atoms with Crippen molar-refractivity contribution in [3.05, 3.63) is 60.2 Å². The molecule has 7 nitrogen and oxygen atoms in total. The Hall–Kier alpha value is -2.84. The molecule has 0 heterocycles. The van der Waals surface area contributed by atoms with Crippen molar-refractivity contribution in [2.75, 3.05) is 19.5 Å². The number of anilines is 1. The minimum absolute atomic E-state index is 0.0318. The number of benzene rings is 2. The molecule has 2 N–H and O–H groups in total. The fourth-order valence-electron chi connectivity index (χ4n) is 2.76. The van der Waals surface area contributed by atoms with Gasteiger partial charge < -0.3 is 14.8 Å². The molecule has 8 heteroatoms. The van der Waals surface area contributed by atoms with Crippen molar-refractivity contribution < 1.29 is 22.7 Å². The van der Waals surface area contributed by atoms with Crippen LogP contribution in [0.5, 0.6) is 11.5 Å². The van der Waals surface area contributed by atoms with Crippen LogP contribution in [0.15, 0.2) is 53.9 Å². The van der Waals surface area contributed by atoms with Crippen LogP contribution in [0.4, 0.5) is 5.69 Å². The highest BCUT2D eigenvalue weighted by Gasteiger charge is 2.19. The summed E-state index contributed by atoms with van der Waals surface area (Å²) in [4.78, 5) is 12.8. The third-order valence-corrected chi connectivity index (χ3v) is 5.68. The maximum atomic E-state index is 12.8. The number of carbonyl (C=O) groups is 1. The zero-order valence-corrected chi connectivity index (χ0v) is 17.8. The van der Waals surface area contributed by atoms with E-state index in [0.29, 0.717) is 23.5 Å². The lowest BCUT2D eigenvalue weighted by Crippen LogP contribution is -2.30. The molecule has 0 spiro atoms. The summed E-state index contributed by atoms with van der Waals surface area (Å²) in [6.07, 6.45) is 2.26. The van der Waals surface area contributed by atoms with E-state index in [-0.39, 0.29) is 16.6 Å². The highest BCUT2D eigenvalue weighted by molar-refractivity contribution is 7.89. The van der Waals surface area contributed by atoms with Crippen LogP contribution < -0.4 is 19.5 Å². The molecule has 29 heavy (non-hydrogen) atoms. The number of allylic oxidation sites excluding steroid dienone is 1. The molecule has 0 fully saturated rings. The summed E-state index contributed by atoms with van der Waals surface area (Å²) >= 11 is 0. The number of amides is 1. The van der Waals surface area contributed by atoms with Crippen molar-refractivity contribution in [2.24, 2.45) is 0 Å². The van der Waals surface area contributed by atoms with E-state index in [1.165, 1.54) is 25.3 Å². The molecule has 2 rings (SSSR count). The molecule has 0 aliphatic rings. The SMILES string of the molecule is C=CCc1cc(C(=O)Nc2cc(S(=O)(=O)NC(C)C)ccc2OC)ccc1OC. The van der Waals surface area contributed by atoms with Crippen molar-refractivity contribution in [3.63, 3.8) is 0 Å². The fraction of sp³-hybridized carbons (Fsp3) is 0.286. The first-order chi connectivity index (χ1) is 13.7. The molecular formula is C21H26N2O5S. The molecule has 156 valence electrons. The molecule has 0 saturated heterocycles. The molecule has 0 aliphatic heterocycles. The molecule has 0 atom stereocenters. The number of nitrogens with one attached hydrogen (secondary N) is 2. The normalized spacial score (nSPS) is 11.2. The van der Waals surface area contributed by atoms with Crippen molar-refractivity contribution in [2.45, 2.75) is 31.2 Å². The second kappa shape index (κ2) is 9.58. The summed E-state index contributed by atoms with van der Waals surface area (Å²) in [5, 5.41) is 2.73. The first-order valence-corrected chi connectivity index (χ1v) is 10.5. The average Bonchev–Trinajstić information content (AvgIpc) is 2.67. The minimum Gasteiger partial charge on any atom is -0.496 e. The lowest BCUT2D eigenvalue weighted by molar-refractivity contribution is 0.102. The van der Waals surface area contributed by atoms with Gasteiger partial charge in [-0.1, -0.05) is 6.08 Å². The summed E-state index contributed by atoms with van der Waals surface area (Å²) in [5.41, 5.74) is 1.48. The molecule has 0 unspecified atom stereocenters. The van der Waals surface area contributed by atoms with Gasteiger partial charge in [0, 0.05) is 11.6 Å². The Morgan fingerprint density at radius 2 is 1.76 bits per heavy atom. The Labute approximate surface area is 171 Å². The number of sulfonamides is 1. The van der Waals surface area contributed by atoms with Crippen LogP contribution >= 0.6 is 0 Å². The van der Waals surface area contributed by atoms with Crippen molar-refractivity contribution >= 4 is 21.6 Å². The second-order valence-electron chi connectivity index (χ2n) is 6.61. The Morgan fingerprint density at radius 3 is 2.34 bits per heavy atom. The highest BCUT2D eigenvalue weighted by atomic mass is 32.2. The average molecular weight is 419 g/mol. The second-order valence-corrected chi connectivity index (χ2v) is 8.33. The predicted molar refractivity (Wildman–Crippen MR) is 113 cm³/mol. The maximum Gasteiger partial charge on any atom is 0.255 e.